The van der Waals surface area contributed by atoms with Crippen LogP contribution in [0.1, 0.15) is 30.2 Å². The predicted molar refractivity (Wildman–Crippen MR) is 126 cm³/mol. The van der Waals surface area contributed by atoms with Crippen molar-refractivity contribution in [2.45, 2.75) is 39.3 Å². The molecule has 1 aromatic heterocycles. The van der Waals surface area contributed by atoms with E-state index in [1.807, 2.05) is 54.0 Å². The summed E-state index contributed by atoms with van der Waals surface area (Å²) >= 11 is 0. The number of carboxylic acids is 1. The van der Waals surface area contributed by atoms with E-state index in [1.54, 1.807) is 0 Å². The van der Waals surface area contributed by atoms with Crippen molar-refractivity contribution in [3.63, 3.8) is 0 Å². The third-order valence-electron chi connectivity index (χ3n) is 6.84. The lowest BCUT2D eigenvalue weighted by Crippen LogP contribution is -2.42. The number of benzene rings is 3. The van der Waals surface area contributed by atoms with E-state index in [4.69, 9.17) is 0 Å². The van der Waals surface area contributed by atoms with Crippen LogP contribution in [0.5, 0.6) is 0 Å². The predicted octanol–water partition coefficient (Wildman–Crippen LogP) is 4.69. The van der Waals surface area contributed by atoms with Gasteiger partial charge in [0.25, 0.3) is 0 Å². The van der Waals surface area contributed by atoms with Crippen molar-refractivity contribution in [1.82, 2.24) is 9.88 Å². The zero-order valence-corrected chi connectivity index (χ0v) is 18.1. The van der Waals surface area contributed by atoms with Gasteiger partial charge in [0.2, 0.25) is 5.91 Å². The summed E-state index contributed by atoms with van der Waals surface area (Å²) in [6.45, 7) is 2.46. The molecule has 1 atom stereocenters. The molecule has 0 bridgehead atoms. The van der Waals surface area contributed by atoms with E-state index >= 15 is 0 Å². The van der Waals surface area contributed by atoms with Gasteiger partial charge in [-0.05, 0) is 47.2 Å². The summed E-state index contributed by atoms with van der Waals surface area (Å²) in [5.41, 5.74) is 3.66. The second-order valence-corrected chi connectivity index (χ2v) is 8.98. The number of nitrogens with zero attached hydrogens (tertiary/aromatic N) is 1. The van der Waals surface area contributed by atoms with Gasteiger partial charge in [0.1, 0.15) is 6.54 Å². The van der Waals surface area contributed by atoms with E-state index in [-0.39, 0.29) is 12.5 Å². The van der Waals surface area contributed by atoms with Crippen LogP contribution in [-0.4, -0.2) is 21.6 Å². The molecular weight excluding hydrogens is 400 g/mol. The molecule has 5 rings (SSSR count). The van der Waals surface area contributed by atoms with Crippen LogP contribution < -0.4 is 5.32 Å². The van der Waals surface area contributed by atoms with Gasteiger partial charge in [-0.1, -0.05) is 67.6 Å². The van der Waals surface area contributed by atoms with Crippen LogP contribution in [0.2, 0.25) is 0 Å². The van der Waals surface area contributed by atoms with Crippen LogP contribution in [0.4, 0.5) is 0 Å². The number of aliphatic carboxylic acids is 1. The Kier molecular flexibility index (Phi) is 4.97. The highest BCUT2D eigenvalue weighted by molar-refractivity contribution is 5.90. The van der Waals surface area contributed by atoms with Crippen LogP contribution in [0.3, 0.4) is 0 Å². The second-order valence-electron chi connectivity index (χ2n) is 8.98. The number of carboxylic acid groups (broad SMARTS) is 1. The normalized spacial score (nSPS) is 17.9. The first-order valence-electron chi connectivity index (χ1n) is 11.0. The van der Waals surface area contributed by atoms with E-state index in [0.717, 1.165) is 33.1 Å². The minimum Gasteiger partial charge on any atom is -0.480 e. The molecule has 5 heteroatoms. The van der Waals surface area contributed by atoms with E-state index in [1.165, 1.54) is 5.39 Å². The number of carbonyl (C=O) groups excluding carboxylic acids is 1. The molecular formula is C27H26N2O3. The molecule has 3 aromatic carbocycles. The molecule has 0 saturated heterocycles. The lowest BCUT2D eigenvalue weighted by Gasteiger charge is -2.33. The Balaban J connectivity index is 1.41. The van der Waals surface area contributed by atoms with Gasteiger partial charge in [0.15, 0.2) is 0 Å². The Morgan fingerprint density at radius 3 is 2.53 bits per heavy atom. The number of fused-ring (bicyclic) bond motifs is 4. The van der Waals surface area contributed by atoms with Crippen molar-refractivity contribution in [3.8, 4) is 0 Å². The highest BCUT2D eigenvalue weighted by atomic mass is 16.4. The van der Waals surface area contributed by atoms with Crippen LogP contribution in [0.25, 0.3) is 21.7 Å². The summed E-state index contributed by atoms with van der Waals surface area (Å²) in [5.74, 6) is -0.805. The highest BCUT2D eigenvalue weighted by Crippen LogP contribution is 2.40. The molecule has 2 N–H and O–H groups in total. The van der Waals surface area contributed by atoms with Gasteiger partial charge in [0, 0.05) is 23.1 Å². The molecule has 0 saturated carbocycles. The van der Waals surface area contributed by atoms with Crippen molar-refractivity contribution in [2.24, 2.45) is 5.41 Å². The topological polar surface area (TPSA) is 71.3 Å². The first kappa shape index (κ1) is 20.3. The fourth-order valence-corrected chi connectivity index (χ4v) is 5.13. The summed E-state index contributed by atoms with van der Waals surface area (Å²) in [5, 5.41) is 16.0. The van der Waals surface area contributed by atoms with Crippen molar-refractivity contribution >= 4 is 33.6 Å². The van der Waals surface area contributed by atoms with Crippen molar-refractivity contribution in [3.05, 3.63) is 83.6 Å². The standard InChI is InChI=1S/C27H26N2O3/c1-27(26(32)28-16-19-9-6-8-18-7-2-3-10-20(18)19)14-13-24-22(15-27)21-11-4-5-12-23(21)29(24)17-25(30)31/h2-12H,13-17H2,1H3,(H,28,32)(H,30,31). The van der Waals surface area contributed by atoms with Crippen molar-refractivity contribution < 1.29 is 14.7 Å². The maximum atomic E-state index is 13.3. The summed E-state index contributed by atoms with van der Waals surface area (Å²) < 4.78 is 1.90. The molecule has 0 spiro atoms. The molecule has 0 radical (unpaired) electrons. The van der Waals surface area contributed by atoms with Gasteiger partial charge in [-0.2, -0.15) is 0 Å². The molecule has 1 unspecified atom stereocenters. The van der Waals surface area contributed by atoms with Crippen LogP contribution in [0.15, 0.2) is 66.7 Å². The average molecular weight is 427 g/mol. The minimum absolute atomic E-state index is 0.0474. The summed E-state index contributed by atoms with van der Waals surface area (Å²) in [7, 11) is 0. The number of nitrogens with one attached hydrogen (secondary N) is 1. The Morgan fingerprint density at radius 2 is 1.72 bits per heavy atom. The van der Waals surface area contributed by atoms with Gasteiger partial charge in [-0.3, -0.25) is 9.59 Å². The number of carbonyl (C=O) groups is 2. The number of hydrogen-bond donors (Lipinski definition) is 2. The average Bonchev–Trinajstić information content (AvgIpc) is 3.09. The minimum atomic E-state index is -0.852. The molecule has 1 heterocycles. The lowest BCUT2D eigenvalue weighted by atomic mass is 9.73. The Hall–Kier alpha value is -3.60. The molecule has 5 nitrogen and oxygen atoms in total. The highest BCUT2D eigenvalue weighted by Gasteiger charge is 2.39. The number of amides is 1. The summed E-state index contributed by atoms with van der Waals surface area (Å²) in [6.07, 6.45) is 1.99. The second kappa shape index (κ2) is 7.83. The van der Waals surface area contributed by atoms with E-state index in [2.05, 4.69) is 29.6 Å². The SMILES string of the molecule is CC1(C(=O)NCc2cccc3ccccc23)CCc2c(c3ccccc3n2CC(=O)O)C1. The summed E-state index contributed by atoms with van der Waals surface area (Å²) in [4.78, 5) is 24.8. The number of rotatable bonds is 5. The third kappa shape index (κ3) is 3.44. The number of aromatic nitrogens is 1. The smallest absolute Gasteiger partial charge is 0.323 e. The van der Waals surface area contributed by atoms with Gasteiger partial charge >= 0.3 is 5.97 Å². The van der Waals surface area contributed by atoms with Gasteiger partial charge < -0.3 is 15.0 Å². The molecule has 1 amide bonds. The summed E-state index contributed by atoms with van der Waals surface area (Å²) in [6, 6.07) is 22.3. The number of para-hydroxylation sites is 1. The first-order chi connectivity index (χ1) is 15.5. The zero-order chi connectivity index (χ0) is 22.3. The fourth-order valence-electron chi connectivity index (χ4n) is 5.13. The largest absolute Gasteiger partial charge is 0.480 e. The number of hydrogen-bond acceptors (Lipinski definition) is 2. The Labute approximate surface area is 186 Å². The zero-order valence-electron chi connectivity index (χ0n) is 18.1. The molecule has 1 aliphatic carbocycles. The van der Waals surface area contributed by atoms with E-state index in [0.29, 0.717) is 25.8 Å². The Bertz CT molecular complexity index is 1350. The van der Waals surface area contributed by atoms with E-state index < -0.39 is 11.4 Å². The first-order valence-corrected chi connectivity index (χ1v) is 11.0. The third-order valence-corrected chi connectivity index (χ3v) is 6.84. The molecule has 4 aromatic rings. The van der Waals surface area contributed by atoms with E-state index in [9.17, 15) is 14.7 Å². The van der Waals surface area contributed by atoms with Crippen molar-refractivity contribution in [2.75, 3.05) is 0 Å². The maximum absolute atomic E-state index is 13.3. The molecule has 1 aliphatic rings. The molecule has 0 aliphatic heterocycles. The van der Waals surface area contributed by atoms with Crippen LogP contribution in [0, 0.1) is 5.41 Å². The monoisotopic (exact) mass is 426 g/mol. The fraction of sp³-hybridized carbons (Fsp3) is 0.259. The van der Waals surface area contributed by atoms with Crippen LogP contribution in [-0.2, 0) is 35.5 Å². The lowest BCUT2D eigenvalue weighted by molar-refractivity contribution is -0.137. The van der Waals surface area contributed by atoms with Gasteiger partial charge in [-0.15, -0.1) is 0 Å². The molecule has 32 heavy (non-hydrogen) atoms. The molecule has 162 valence electrons. The van der Waals surface area contributed by atoms with Gasteiger partial charge in [0.05, 0.1) is 5.41 Å². The van der Waals surface area contributed by atoms with Crippen molar-refractivity contribution in [1.29, 1.82) is 0 Å². The molecule has 0 fully saturated rings. The quantitative estimate of drug-likeness (QED) is 0.486. The van der Waals surface area contributed by atoms with Crippen LogP contribution >= 0.6 is 0 Å². The Morgan fingerprint density at radius 1 is 1.00 bits per heavy atom. The maximum Gasteiger partial charge on any atom is 0.323 e. The van der Waals surface area contributed by atoms with Gasteiger partial charge in [-0.25, -0.2) is 0 Å².